The molecule has 1 aromatic carbocycles. The number of nitrogens with zero attached hydrogens (tertiary/aromatic N) is 5. The fourth-order valence-corrected chi connectivity index (χ4v) is 2.59. The van der Waals surface area contributed by atoms with E-state index >= 15 is 0 Å². The quantitative estimate of drug-likeness (QED) is 0.845. The lowest BCUT2D eigenvalue weighted by molar-refractivity contribution is 0.0570. The van der Waals surface area contributed by atoms with E-state index in [4.69, 9.17) is 4.74 Å². The number of aromatic nitrogens is 3. The van der Waals surface area contributed by atoms with Crippen LogP contribution in [0, 0.1) is 0 Å². The van der Waals surface area contributed by atoms with E-state index in [1.165, 1.54) is 6.33 Å². The molecule has 0 bridgehead atoms. The summed E-state index contributed by atoms with van der Waals surface area (Å²) < 4.78 is 6.61. The Morgan fingerprint density at radius 1 is 1.08 bits per heavy atom. The number of amides is 2. The maximum absolute atomic E-state index is 12.6. The van der Waals surface area contributed by atoms with E-state index in [9.17, 15) is 9.59 Å². The van der Waals surface area contributed by atoms with Crippen molar-refractivity contribution < 1.29 is 14.3 Å². The van der Waals surface area contributed by atoms with Gasteiger partial charge in [0.25, 0.3) is 5.91 Å². The first-order chi connectivity index (χ1) is 11.7. The molecule has 0 atom stereocenters. The van der Waals surface area contributed by atoms with Crippen LogP contribution in [0.4, 0.5) is 4.79 Å². The van der Waals surface area contributed by atoms with Gasteiger partial charge in [0.15, 0.2) is 0 Å². The molecule has 3 rings (SSSR count). The van der Waals surface area contributed by atoms with Crippen LogP contribution >= 0.6 is 0 Å². The summed E-state index contributed by atoms with van der Waals surface area (Å²) in [6.45, 7) is 4.12. The van der Waals surface area contributed by atoms with Gasteiger partial charge in [-0.15, -0.1) is 0 Å². The third kappa shape index (κ3) is 3.37. The minimum atomic E-state index is -0.318. The highest BCUT2D eigenvalue weighted by Crippen LogP contribution is 2.12. The van der Waals surface area contributed by atoms with E-state index < -0.39 is 0 Å². The summed E-state index contributed by atoms with van der Waals surface area (Å²) in [5.74, 6) is -0.0383. The van der Waals surface area contributed by atoms with Crippen LogP contribution < -0.4 is 0 Å². The number of ether oxygens (including phenoxy) is 1. The van der Waals surface area contributed by atoms with E-state index in [-0.39, 0.29) is 12.0 Å². The molecule has 8 nitrogen and oxygen atoms in total. The van der Waals surface area contributed by atoms with E-state index in [2.05, 4.69) is 10.1 Å². The number of carbonyl (C=O) groups excluding carboxylic acids is 2. The van der Waals surface area contributed by atoms with Crippen molar-refractivity contribution in [3.63, 3.8) is 0 Å². The van der Waals surface area contributed by atoms with Gasteiger partial charge in [-0.25, -0.2) is 14.5 Å². The molecule has 0 N–H and O–H groups in total. The summed E-state index contributed by atoms with van der Waals surface area (Å²) in [6.07, 6.45) is 2.75. The number of benzene rings is 1. The predicted octanol–water partition coefficient (Wildman–Crippen LogP) is 1.18. The number of hydrogen-bond donors (Lipinski definition) is 0. The zero-order valence-electron chi connectivity index (χ0n) is 13.5. The molecule has 1 saturated heterocycles. The highest BCUT2D eigenvalue weighted by atomic mass is 16.6. The fraction of sp³-hybridized carbons (Fsp3) is 0.375. The Morgan fingerprint density at radius 2 is 1.75 bits per heavy atom. The first-order valence-corrected chi connectivity index (χ1v) is 7.85. The van der Waals surface area contributed by atoms with Crippen LogP contribution in [0.1, 0.15) is 17.3 Å². The lowest BCUT2D eigenvalue weighted by Crippen LogP contribution is -2.50. The van der Waals surface area contributed by atoms with Gasteiger partial charge in [-0.05, 0) is 31.2 Å². The van der Waals surface area contributed by atoms with Gasteiger partial charge in [-0.1, -0.05) is 0 Å². The van der Waals surface area contributed by atoms with Gasteiger partial charge >= 0.3 is 6.09 Å². The van der Waals surface area contributed by atoms with E-state index in [0.717, 1.165) is 5.69 Å². The minimum absolute atomic E-state index is 0.0383. The zero-order valence-corrected chi connectivity index (χ0v) is 13.5. The molecule has 2 aromatic rings. The Bertz CT molecular complexity index is 691. The first-order valence-electron chi connectivity index (χ1n) is 7.85. The second-order valence-electron chi connectivity index (χ2n) is 5.37. The summed E-state index contributed by atoms with van der Waals surface area (Å²) in [4.78, 5) is 31.5. The van der Waals surface area contributed by atoms with Gasteiger partial charge in [0.2, 0.25) is 0 Å². The van der Waals surface area contributed by atoms with Crippen molar-refractivity contribution in [3.8, 4) is 5.69 Å². The first kappa shape index (κ1) is 16.0. The Morgan fingerprint density at radius 3 is 2.33 bits per heavy atom. The molecule has 1 aliphatic heterocycles. The molecule has 2 heterocycles. The smallest absolute Gasteiger partial charge is 0.409 e. The summed E-state index contributed by atoms with van der Waals surface area (Å²) in [7, 11) is 0. The largest absolute Gasteiger partial charge is 0.450 e. The molecule has 2 amide bonds. The molecule has 0 unspecified atom stereocenters. The second-order valence-corrected chi connectivity index (χ2v) is 5.37. The minimum Gasteiger partial charge on any atom is -0.450 e. The zero-order chi connectivity index (χ0) is 16.9. The predicted molar refractivity (Wildman–Crippen MR) is 85.9 cm³/mol. The molecule has 0 radical (unpaired) electrons. The van der Waals surface area contributed by atoms with Crippen LogP contribution in [-0.2, 0) is 4.74 Å². The lowest BCUT2D eigenvalue weighted by Gasteiger charge is -2.34. The van der Waals surface area contributed by atoms with Crippen molar-refractivity contribution in [2.75, 3.05) is 32.8 Å². The molecule has 0 aliphatic carbocycles. The fourth-order valence-electron chi connectivity index (χ4n) is 2.59. The summed E-state index contributed by atoms with van der Waals surface area (Å²) in [6, 6.07) is 7.21. The summed E-state index contributed by atoms with van der Waals surface area (Å²) >= 11 is 0. The van der Waals surface area contributed by atoms with Crippen LogP contribution in [0.25, 0.3) is 5.69 Å². The topological polar surface area (TPSA) is 80.6 Å². The summed E-state index contributed by atoms with van der Waals surface area (Å²) in [5, 5.41) is 4.05. The Hall–Kier alpha value is -2.90. The third-order valence-corrected chi connectivity index (χ3v) is 3.89. The highest BCUT2D eigenvalue weighted by Gasteiger charge is 2.25. The molecule has 126 valence electrons. The molecule has 1 aromatic heterocycles. The second kappa shape index (κ2) is 7.12. The molecular weight excluding hydrogens is 310 g/mol. The standard InChI is InChI=1S/C16H19N5O3/c1-2-24-16(23)20-9-7-19(8-10-20)15(22)13-3-5-14(6-4-13)21-12-17-11-18-21/h3-6,11-12H,2,7-10H2,1H3. The average Bonchev–Trinajstić information content (AvgIpc) is 3.16. The molecule has 24 heavy (non-hydrogen) atoms. The van der Waals surface area contributed by atoms with E-state index in [0.29, 0.717) is 38.3 Å². The average molecular weight is 329 g/mol. The molecule has 8 heteroatoms. The van der Waals surface area contributed by atoms with Crippen molar-refractivity contribution >= 4 is 12.0 Å². The van der Waals surface area contributed by atoms with Crippen LogP contribution in [0.5, 0.6) is 0 Å². The Kier molecular flexibility index (Phi) is 4.74. The Labute approximate surface area is 139 Å². The van der Waals surface area contributed by atoms with Crippen LogP contribution in [0.2, 0.25) is 0 Å². The van der Waals surface area contributed by atoms with Crippen molar-refractivity contribution in [3.05, 3.63) is 42.5 Å². The molecule has 0 saturated carbocycles. The molecular formula is C16H19N5O3. The van der Waals surface area contributed by atoms with Gasteiger partial charge in [0.05, 0.1) is 12.3 Å². The maximum Gasteiger partial charge on any atom is 0.409 e. The summed E-state index contributed by atoms with van der Waals surface area (Å²) in [5.41, 5.74) is 1.46. The van der Waals surface area contributed by atoms with Gasteiger partial charge in [0, 0.05) is 31.7 Å². The van der Waals surface area contributed by atoms with E-state index in [1.807, 2.05) is 12.1 Å². The van der Waals surface area contributed by atoms with Crippen molar-refractivity contribution in [1.29, 1.82) is 0 Å². The molecule has 0 spiro atoms. The van der Waals surface area contributed by atoms with Gasteiger partial charge in [-0.2, -0.15) is 5.10 Å². The monoisotopic (exact) mass is 329 g/mol. The Balaban J connectivity index is 1.60. The van der Waals surface area contributed by atoms with Crippen molar-refractivity contribution in [2.45, 2.75) is 6.92 Å². The molecule has 1 fully saturated rings. The number of carbonyl (C=O) groups is 2. The van der Waals surface area contributed by atoms with Crippen molar-refractivity contribution in [1.82, 2.24) is 24.6 Å². The molecule has 1 aliphatic rings. The van der Waals surface area contributed by atoms with Crippen LogP contribution in [0.3, 0.4) is 0 Å². The number of piperazine rings is 1. The number of rotatable bonds is 3. The maximum atomic E-state index is 12.6. The van der Waals surface area contributed by atoms with Crippen LogP contribution in [0.15, 0.2) is 36.9 Å². The van der Waals surface area contributed by atoms with Gasteiger partial charge in [-0.3, -0.25) is 4.79 Å². The third-order valence-electron chi connectivity index (χ3n) is 3.89. The van der Waals surface area contributed by atoms with E-state index in [1.54, 1.807) is 39.9 Å². The lowest BCUT2D eigenvalue weighted by atomic mass is 10.1. The SMILES string of the molecule is CCOC(=O)N1CCN(C(=O)c2ccc(-n3cncn3)cc2)CC1. The van der Waals surface area contributed by atoms with Crippen molar-refractivity contribution in [2.24, 2.45) is 0 Å². The normalized spacial score (nSPS) is 14.5. The highest BCUT2D eigenvalue weighted by molar-refractivity contribution is 5.94. The number of hydrogen-bond acceptors (Lipinski definition) is 5. The van der Waals surface area contributed by atoms with Crippen LogP contribution in [-0.4, -0.2) is 69.4 Å². The van der Waals surface area contributed by atoms with Gasteiger partial charge in [0.1, 0.15) is 12.7 Å². The van der Waals surface area contributed by atoms with Gasteiger partial charge < -0.3 is 14.5 Å².